The molecule has 1 heterocycles. The summed E-state index contributed by atoms with van der Waals surface area (Å²) in [6, 6.07) is 5.68. The third-order valence-electron chi connectivity index (χ3n) is 4.49. The molecule has 0 aromatic heterocycles. The molecule has 1 aromatic rings. The summed E-state index contributed by atoms with van der Waals surface area (Å²) in [5, 5.41) is 4.56. The van der Waals surface area contributed by atoms with Crippen LogP contribution in [0.5, 0.6) is 0 Å². The molecule has 1 fully saturated rings. The van der Waals surface area contributed by atoms with E-state index in [1.165, 1.54) is 0 Å². The summed E-state index contributed by atoms with van der Waals surface area (Å²) in [5.74, 6) is 1.00. The molecule has 0 atom stereocenters. The van der Waals surface area contributed by atoms with Crippen LogP contribution < -0.4 is 5.32 Å². The van der Waals surface area contributed by atoms with E-state index in [1.54, 1.807) is 0 Å². The van der Waals surface area contributed by atoms with Crippen molar-refractivity contribution in [1.29, 1.82) is 0 Å². The van der Waals surface area contributed by atoms with E-state index < -0.39 is 0 Å². The zero-order chi connectivity index (χ0) is 16.7. The van der Waals surface area contributed by atoms with Crippen LogP contribution in [0, 0.1) is 5.92 Å². The Bertz CT molecular complexity index is 514. The van der Waals surface area contributed by atoms with E-state index in [0.717, 1.165) is 63.3 Å². The fraction of sp³-hybridized carbons (Fsp3) is 0.611. The van der Waals surface area contributed by atoms with Crippen molar-refractivity contribution in [1.82, 2.24) is 10.2 Å². The van der Waals surface area contributed by atoms with Gasteiger partial charge in [0.15, 0.2) is 0 Å². The van der Waals surface area contributed by atoms with Crippen LogP contribution >= 0.6 is 23.2 Å². The molecule has 3 nitrogen and oxygen atoms in total. The number of amides is 1. The second-order valence-electron chi connectivity index (χ2n) is 6.23. The van der Waals surface area contributed by atoms with Gasteiger partial charge < -0.3 is 10.2 Å². The average molecular weight is 357 g/mol. The largest absolute Gasteiger partial charge is 0.343 e. The third-order valence-corrected chi connectivity index (χ3v) is 5.23. The van der Waals surface area contributed by atoms with Gasteiger partial charge in [-0.05, 0) is 62.4 Å². The Balaban J connectivity index is 1.68. The Morgan fingerprint density at radius 3 is 2.65 bits per heavy atom. The van der Waals surface area contributed by atoms with Gasteiger partial charge in [0.1, 0.15) is 0 Å². The maximum absolute atomic E-state index is 12.3. The minimum Gasteiger partial charge on any atom is -0.343 e. The molecule has 1 aliphatic rings. The monoisotopic (exact) mass is 356 g/mol. The lowest BCUT2D eigenvalue weighted by Crippen LogP contribution is -2.40. The topological polar surface area (TPSA) is 32.3 Å². The lowest BCUT2D eigenvalue weighted by atomic mass is 9.96. The highest BCUT2D eigenvalue weighted by atomic mass is 35.5. The number of nitrogens with one attached hydrogen (secondary N) is 1. The first-order valence-corrected chi connectivity index (χ1v) is 9.28. The molecular formula is C18H26Cl2N2O. The number of aryl methyl sites for hydroxylation is 1. The number of rotatable bonds is 7. The van der Waals surface area contributed by atoms with Crippen LogP contribution in [-0.4, -0.2) is 37.0 Å². The van der Waals surface area contributed by atoms with Gasteiger partial charge in [-0.15, -0.1) is 0 Å². The molecule has 5 heteroatoms. The second kappa shape index (κ2) is 9.51. The van der Waals surface area contributed by atoms with Crippen molar-refractivity contribution in [2.24, 2.45) is 5.92 Å². The molecule has 128 valence electrons. The van der Waals surface area contributed by atoms with Gasteiger partial charge in [0, 0.05) is 19.5 Å². The molecule has 0 spiro atoms. The number of nitrogens with zero attached hydrogens (tertiary/aromatic N) is 1. The minimum atomic E-state index is 0.284. The van der Waals surface area contributed by atoms with Crippen LogP contribution in [-0.2, 0) is 11.2 Å². The van der Waals surface area contributed by atoms with Crippen LogP contribution in [0.25, 0.3) is 0 Å². The summed E-state index contributed by atoms with van der Waals surface area (Å²) in [5.41, 5.74) is 1.14. The highest BCUT2D eigenvalue weighted by Gasteiger charge is 2.21. The molecule has 1 aromatic carbocycles. The van der Waals surface area contributed by atoms with E-state index >= 15 is 0 Å². The van der Waals surface area contributed by atoms with Crippen molar-refractivity contribution in [3.8, 4) is 0 Å². The smallest absolute Gasteiger partial charge is 0.222 e. The highest BCUT2D eigenvalue weighted by molar-refractivity contribution is 6.42. The fourth-order valence-electron chi connectivity index (χ4n) is 3.03. The molecule has 0 unspecified atom stereocenters. The molecule has 23 heavy (non-hydrogen) atoms. The summed E-state index contributed by atoms with van der Waals surface area (Å²) in [7, 11) is 0. The van der Waals surface area contributed by atoms with Crippen LogP contribution in [0.4, 0.5) is 0 Å². The summed E-state index contributed by atoms with van der Waals surface area (Å²) in [6.07, 6.45) is 4.56. The van der Waals surface area contributed by atoms with E-state index in [-0.39, 0.29) is 5.91 Å². The van der Waals surface area contributed by atoms with E-state index in [9.17, 15) is 4.79 Å². The highest BCUT2D eigenvalue weighted by Crippen LogP contribution is 2.23. The molecule has 1 aliphatic heterocycles. The number of carbonyl (C=O) groups is 1. The van der Waals surface area contributed by atoms with Crippen LogP contribution in [0.15, 0.2) is 18.2 Å². The molecule has 1 saturated heterocycles. The maximum Gasteiger partial charge on any atom is 0.222 e. The Morgan fingerprint density at radius 2 is 2.00 bits per heavy atom. The number of hydrogen-bond donors (Lipinski definition) is 1. The molecule has 0 radical (unpaired) electrons. The molecule has 0 saturated carbocycles. The molecule has 0 aliphatic carbocycles. The van der Waals surface area contributed by atoms with Crippen molar-refractivity contribution in [3.05, 3.63) is 33.8 Å². The first-order chi connectivity index (χ1) is 11.1. The van der Waals surface area contributed by atoms with E-state index in [1.807, 2.05) is 23.1 Å². The Morgan fingerprint density at radius 1 is 1.26 bits per heavy atom. The SMILES string of the molecule is CCNCC1CCN(C(=O)CCCc2ccc(Cl)c(Cl)c2)CC1. The van der Waals surface area contributed by atoms with Crippen LogP contribution in [0.1, 0.15) is 38.2 Å². The van der Waals surface area contributed by atoms with E-state index in [0.29, 0.717) is 16.5 Å². The molecule has 2 rings (SSSR count). The standard InChI is InChI=1S/C18H26Cl2N2O/c1-2-21-13-15-8-10-22(11-9-15)18(23)5-3-4-14-6-7-16(19)17(20)12-14/h6-7,12,15,21H,2-5,8-11,13H2,1H3. The summed E-state index contributed by atoms with van der Waals surface area (Å²) in [4.78, 5) is 14.3. The predicted octanol–water partition coefficient (Wildman–Crippen LogP) is 4.16. The number of piperidine rings is 1. The predicted molar refractivity (Wildman–Crippen MR) is 97.2 cm³/mol. The zero-order valence-corrected chi connectivity index (χ0v) is 15.3. The quantitative estimate of drug-likeness (QED) is 0.795. The fourth-order valence-corrected chi connectivity index (χ4v) is 3.35. The van der Waals surface area contributed by atoms with Crippen molar-refractivity contribution < 1.29 is 4.79 Å². The van der Waals surface area contributed by atoms with Gasteiger partial charge in [0.2, 0.25) is 5.91 Å². The number of carbonyl (C=O) groups excluding carboxylic acids is 1. The average Bonchev–Trinajstić information content (AvgIpc) is 2.56. The van der Waals surface area contributed by atoms with Gasteiger partial charge in [0.25, 0.3) is 0 Å². The Hall–Kier alpha value is -0.770. The Labute approximate surface area is 149 Å². The van der Waals surface area contributed by atoms with Crippen LogP contribution in [0.3, 0.4) is 0 Å². The molecular weight excluding hydrogens is 331 g/mol. The molecule has 0 bridgehead atoms. The van der Waals surface area contributed by atoms with Gasteiger partial charge in [0.05, 0.1) is 10.0 Å². The number of likely N-dealkylation sites (tertiary alicyclic amines) is 1. The van der Waals surface area contributed by atoms with Crippen molar-refractivity contribution in [2.75, 3.05) is 26.2 Å². The molecule has 1 amide bonds. The van der Waals surface area contributed by atoms with Gasteiger partial charge in [-0.3, -0.25) is 4.79 Å². The second-order valence-corrected chi connectivity index (χ2v) is 7.05. The number of benzene rings is 1. The summed E-state index contributed by atoms with van der Waals surface area (Å²) >= 11 is 11.9. The van der Waals surface area contributed by atoms with Gasteiger partial charge in [-0.1, -0.05) is 36.2 Å². The maximum atomic E-state index is 12.3. The minimum absolute atomic E-state index is 0.284. The first kappa shape index (κ1) is 18.6. The van der Waals surface area contributed by atoms with Crippen molar-refractivity contribution >= 4 is 29.1 Å². The number of halogens is 2. The normalized spacial score (nSPS) is 15.9. The van der Waals surface area contributed by atoms with Crippen LogP contribution in [0.2, 0.25) is 10.0 Å². The van der Waals surface area contributed by atoms with Gasteiger partial charge in [-0.25, -0.2) is 0 Å². The van der Waals surface area contributed by atoms with Crippen molar-refractivity contribution in [3.63, 3.8) is 0 Å². The first-order valence-electron chi connectivity index (χ1n) is 8.52. The lowest BCUT2D eigenvalue weighted by Gasteiger charge is -2.32. The lowest BCUT2D eigenvalue weighted by molar-refractivity contribution is -0.132. The summed E-state index contributed by atoms with van der Waals surface area (Å²) < 4.78 is 0. The van der Waals surface area contributed by atoms with E-state index in [4.69, 9.17) is 23.2 Å². The van der Waals surface area contributed by atoms with Gasteiger partial charge >= 0.3 is 0 Å². The zero-order valence-electron chi connectivity index (χ0n) is 13.8. The van der Waals surface area contributed by atoms with Crippen molar-refractivity contribution in [2.45, 2.75) is 39.0 Å². The van der Waals surface area contributed by atoms with E-state index in [2.05, 4.69) is 12.2 Å². The molecule has 1 N–H and O–H groups in total. The summed E-state index contributed by atoms with van der Waals surface area (Å²) in [6.45, 7) is 6.04. The Kier molecular flexibility index (Phi) is 7.68. The number of hydrogen-bond acceptors (Lipinski definition) is 2. The third kappa shape index (κ3) is 5.98. The van der Waals surface area contributed by atoms with Gasteiger partial charge in [-0.2, -0.15) is 0 Å².